The molecule has 0 aliphatic carbocycles. The minimum Gasteiger partial charge on any atom is -0.494 e. The molecule has 0 aromatic heterocycles. The summed E-state index contributed by atoms with van der Waals surface area (Å²) in [6.45, 7) is 7.32. The summed E-state index contributed by atoms with van der Waals surface area (Å²) in [5.41, 5.74) is 0.883. The molecule has 2 aromatic carbocycles. The number of ether oxygens (including phenoxy) is 1. The van der Waals surface area contributed by atoms with Crippen LogP contribution < -0.4 is 14.8 Å². The summed E-state index contributed by atoms with van der Waals surface area (Å²) in [4.78, 5) is 15.0. The number of hydrogen-bond donors (Lipinski definition) is 2. The van der Waals surface area contributed by atoms with Gasteiger partial charge >= 0.3 is 0 Å². The predicted molar refractivity (Wildman–Crippen MR) is 122 cm³/mol. The average Bonchev–Trinajstić information content (AvgIpc) is 3.30. The Bertz CT molecular complexity index is 953. The molecule has 1 aliphatic heterocycles. The highest BCUT2D eigenvalue weighted by molar-refractivity contribution is 7.92. The summed E-state index contributed by atoms with van der Waals surface area (Å²) < 4.78 is 33.2. The van der Waals surface area contributed by atoms with Crippen LogP contribution in [0.3, 0.4) is 0 Å². The van der Waals surface area contributed by atoms with Gasteiger partial charge in [-0.05, 0) is 87.8 Å². The Morgan fingerprint density at radius 2 is 1.68 bits per heavy atom. The van der Waals surface area contributed by atoms with Crippen molar-refractivity contribution in [1.29, 1.82) is 0 Å². The van der Waals surface area contributed by atoms with Crippen molar-refractivity contribution in [3.05, 3.63) is 54.1 Å². The van der Waals surface area contributed by atoms with Gasteiger partial charge in [-0.1, -0.05) is 6.92 Å². The van der Waals surface area contributed by atoms with Crippen molar-refractivity contribution in [2.45, 2.75) is 44.0 Å². The molecule has 1 fully saturated rings. The molecule has 1 saturated heterocycles. The van der Waals surface area contributed by atoms with Crippen LogP contribution >= 0.6 is 0 Å². The Balaban J connectivity index is 1.59. The molecule has 8 heteroatoms. The molecule has 1 atom stereocenters. The molecular formula is C23H31N3O4S. The van der Waals surface area contributed by atoms with E-state index in [1.54, 1.807) is 36.4 Å². The van der Waals surface area contributed by atoms with Crippen molar-refractivity contribution < 1.29 is 17.9 Å². The first-order chi connectivity index (χ1) is 14.9. The van der Waals surface area contributed by atoms with Gasteiger partial charge in [-0.3, -0.25) is 14.4 Å². The van der Waals surface area contributed by atoms with Gasteiger partial charge in [0.2, 0.25) is 0 Å². The smallest absolute Gasteiger partial charge is 0.261 e. The molecule has 0 spiro atoms. The minimum absolute atomic E-state index is 0.0986. The van der Waals surface area contributed by atoms with Crippen LogP contribution in [0.15, 0.2) is 53.4 Å². The van der Waals surface area contributed by atoms with Gasteiger partial charge in [0.25, 0.3) is 15.9 Å². The zero-order valence-corrected chi connectivity index (χ0v) is 19.0. The maximum atomic E-state index is 12.6. The van der Waals surface area contributed by atoms with Crippen LogP contribution in [0.4, 0.5) is 5.69 Å². The van der Waals surface area contributed by atoms with E-state index >= 15 is 0 Å². The van der Waals surface area contributed by atoms with Crippen LogP contribution in [0.5, 0.6) is 5.75 Å². The molecule has 1 aliphatic rings. The molecule has 31 heavy (non-hydrogen) atoms. The molecule has 2 aromatic rings. The highest BCUT2D eigenvalue weighted by Gasteiger charge is 2.21. The van der Waals surface area contributed by atoms with Gasteiger partial charge in [0.05, 0.1) is 11.5 Å². The van der Waals surface area contributed by atoms with Crippen molar-refractivity contribution in [3.8, 4) is 5.75 Å². The normalized spacial score (nSPS) is 15.4. The van der Waals surface area contributed by atoms with E-state index in [9.17, 15) is 13.2 Å². The Hall–Kier alpha value is -2.58. The first-order valence-corrected chi connectivity index (χ1v) is 12.3. The van der Waals surface area contributed by atoms with Crippen LogP contribution in [0.1, 0.15) is 43.5 Å². The van der Waals surface area contributed by atoms with E-state index in [2.05, 4.69) is 21.9 Å². The second kappa shape index (κ2) is 10.6. The van der Waals surface area contributed by atoms with Gasteiger partial charge in [-0.2, -0.15) is 0 Å². The second-order valence-electron chi connectivity index (χ2n) is 7.60. The lowest BCUT2D eigenvalue weighted by atomic mass is 10.1. The maximum Gasteiger partial charge on any atom is 0.261 e. The number of carbonyl (C=O) groups is 1. The van der Waals surface area contributed by atoms with Gasteiger partial charge in [0.1, 0.15) is 5.75 Å². The zero-order chi connectivity index (χ0) is 22.3. The fourth-order valence-electron chi connectivity index (χ4n) is 3.74. The number of sulfonamides is 1. The van der Waals surface area contributed by atoms with E-state index in [1.807, 2.05) is 6.92 Å². The largest absolute Gasteiger partial charge is 0.494 e. The van der Waals surface area contributed by atoms with Gasteiger partial charge in [-0.25, -0.2) is 8.42 Å². The Labute approximate surface area is 184 Å². The van der Waals surface area contributed by atoms with Gasteiger partial charge in [0.15, 0.2) is 0 Å². The van der Waals surface area contributed by atoms with Gasteiger partial charge in [-0.15, -0.1) is 0 Å². The minimum atomic E-state index is -3.75. The van der Waals surface area contributed by atoms with Gasteiger partial charge < -0.3 is 10.1 Å². The topological polar surface area (TPSA) is 87.7 Å². The van der Waals surface area contributed by atoms with Crippen molar-refractivity contribution in [2.24, 2.45) is 0 Å². The number of anilines is 1. The Kier molecular flexibility index (Phi) is 7.92. The number of carbonyl (C=O) groups excluding carboxylic acids is 1. The number of rotatable bonds is 10. The number of likely N-dealkylation sites (tertiary alicyclic amines) is 1. The monoisotopic (exact) mass is 445 g/mol. The van der Waals surface area contributed by atoms with E-state index in [0.717, 1.165) is 19.5 Å². The summed E-state index contributed by atoms with van der Waals surface area (Å²) in [7, 11) is -3.75. The highest BCUT2D eigenvalue weighted by atomic mass is 32.2. The van der Waals surface area contributed by atoms with Gasteiger partial charge in [0, 0.05) is 23.8 Å². The molecule has 7 nitrogen and oxygen atoms in total. The quantitative estimate of drug-likeness (QED) is 0.585. The molecule has 2 N–H and O–H groups in total. The second-order valence-corrected chi connectivity index (χ2v) is 9.28. The lowest BCUT2D eigenvalue weighted by molar-refractivity contribution is 0.0937. The summed E-state index contributed by atoms with van der Waals surface area (Å²) >= 11 is 0. The summed E-state index contributed by atoms with van der Waals surface area (Å²) in [5.74, 6) is 0.483. The molecule has 0 bridgehead atoms. The first-order valence-electron chi connectivity index (χ1n) is 10.8. The van der Waals surface area contributed by atoms with Crippen molar-refractivity contribution >= 4 is 21.6 Å². The fourth-order valence-corrected chi connectivity index (χ4v) is 4.79. The molecule has 1 heterocycles. The molecule has 3 rings (SSSR count). The van der Waals surface area contributed by atoms with E-state index in [1.165, 1.54) is 25.0 Å². The van der Waals surface area contributed by atoms with E-state index in [4.69, 9.17) is 4.74 Å². The molecule has 0 radical (unpaired) electrons. The molecule has 0 saturated carbocycles. The standard InChI is InChI=1S/C23H31N3O4S/c1-3-20(26-15-5-6-16-26)17-24-23(27)18-7-13-22(14-8-18)31(28,29)25-19-9-11-21(12-10-19)30-4-2/h7-14,20,25H,3-6,15-17H2,1-2H3,(H,24,27). The predicted octanol–water partition coefficient (Wildman–Crippen LogP) is 3.49. The number of hydrogen-bond acceptors (Lipinski definition) is 5. The third-order valence-electron chi connectivity index (χ3n) is 5.47. The number of benzene rings is 2. The van der Waals surface area contributed by atoms with Crippen molar-refractivity contribution in [2.75, 3.05) is 31.0 Å². The van der Waals surface area contributed by atoms with Crippen LogP contribution in [0.2, 0.25) is 0 Å². The van der Waals surface area contributed by atoms with Crippen LogP contribution in [0, 0.1) is 0 Å². The molecule has 1 amide bonds. The van der Waals surface area contributed by atoms with Crippen molar-refractivity contribution in [1.82, 2.24) is 10.2 Å². The Morgan fingerprint density at radius 3 is 2.26 bits per heavy atom. The van der Waals surface area contributed by atoms with E-state index < -0.39 is 10.0 Å². The Morgan fingerprint density at radius 1 is 1.03 bits per heavy atom. The van der Waals surface area contributed by atoms with Crippen molar-refractivity contribution in [3.63, 3.8) is 0 Å². The third kappa shape index (κ3) is 6.21. The summed E-state index contributed by atoms with van der Waals surface area (Å²) in [6.07, 6.45) is 3.41. The molecular weight excluding hydrogens is 414 g/mol. The highest BCUT2D eigenvalue weighted by Crippen LogP contribution is 2.20. The first kappa shape index (κ1) is 23.1. The average molecular weight is 446 g/mol. The number of nitrogens with one attached hydrogen (secondary N) is 2. The number of nitrogens with zero attached hydrogens (tertiary/aromatic N) is 1. The van der Waals surface area contributed by atoms with E-state index in [0.29, 0.717) is 36.2 Å². The van der Waals surface area contributed by atoms with E-state index in [-0.39, 0.29) is 10.8 Å². The third-order valence-corrected chi connectivity index (χ3v) is 6.87. The van der Waals surface area contributed by atoms with Crippen LogP contribution in [-0.4, -0.2) is 51.5 Å². The summed E-state index contributed by atoms with van der Waals surface area (Å²) in [6, 6.07) is 13.0. The summed E-state index contributed by atoms with van der Waals surface area (Å²) in [5, 5.41) is 2.98. The number of amides is 1. The lowest BCUT2D eigenvalue weighted by Crippen LogP contribution is -2.42. The van der Waals surface area contributed by atoms with Crippen LogP contribution in [-0.2, 0) is 10.0 Å². The molecule has 168 valence electrons. The SMILES string of the molecule is CCOc1ccc(NS(=O)(=O)c2ccc(C(=O)NCC(CC)N3CCCC3)cc2)cc1. The fraction of sp³-hybridized carbons (Fsp3) is 0.435. The molecule has 1 unspecified atom stereocenters. The van der Waals surface area contributed by atoms with Crippen LogP contribution in [0.25, 0.3) is 0 Å². The maximum absolute atomic E-state index is 12.6. The lowest BCUT2D eigenvalue weighted by Gasteiger charge is -2.26. The zero-order valence-electron chi connectivity index (χ0n) is 18.1.